The second-order valence-electron chi connectivity index (χ2n) is 6.67. The molecule has 0 spiro atoms. The van der Waals surface area contributed by atoms with Gasteiger partial charge in [0.1, 0.15) is 0 Å². The highest BCUT2D eigenvalue weighted by Gasteiger charge is 2.37. The van der Waals surface area contributed by atoms with E-state index in [9.17, 15) is 0 Å². The minimum Gasteiger partial charge on any atom is -0.399 e. The van der Waals surface area contributed by atoms with Crippen LogP contribution in [-0.4, -0.2) is 17.0 Å². The Kier molecular flexibility index (Phi) is 4.30. The van der Waals surface area contributed by atoms with Gasteiger partial charge >= 0.3 is 0 Å². The van der Waals surface area contributed by atoms with Gasteiger partial charge in [0.2, 0.25) is 0 Å². The Balaban J connectivity index is 1.74. The third-order valence-corrected chi connectivity index (χ3v) is 5.15. The van der Waals surface area contributed by atoms with E-state index in [2.05, 4.69) is 30.0 Å². The van der Waals surface area contributed by atoms with Gasteiger partial charge in [-0.3, -0.25) is 4.90 Å². The van der Waals surface area contributed by atoms with Crippen LogP contribution < -0.4 is 5.73 Å². The molecule has 0 heterocycles. The van der Waals surface area contributed by atoms with Gasteiger partial charge in [0.05, 0.1) is 0 Å². The van der Waals surface area contributed by atoms with Crippen molar-refractivity contribution in [1.82, 2.24) is 4.90 Å². The van der Waals surface area contributed by atoms with Gasteiger partial charge in [-0.15, -0.1) is 0 Å². The van der Waals surface area contributed by atoms with E-state index in [0.717, 1.165) is 30.2 Å². The van der Waals surface area contributed by atoms with Crippen LogP contribution in [0.15, 0.2) is 24.3 Å². The van der Waals surface area contributed by atoms with Crippen LogP contribution in [0.25, 0.3) is 0 Å². The summed E-state index contributed by atoms with van der Waals surface area (Å²) in [7, 11) is 0. The fourth-order valence-corrected chi connectivity index (χ4v) is 3.93. The second kappa shape index (κ2) is 6.17. The number of hydrogen-bond acceptors (Lipinski definition) is 2. The van der Waals surface area contributed by atoms with Crippen molar-refractivity contribution in [2.75, 3.05) is 5.73 Å². The van der Waals surface area contributed by atoms with Crippen LogP contribution in [0.1, 0.15) is 57.4 Å². The zero-order chi connectivity index (χ0) is 13.9. The van der Waals surface area contributed by atoms with E-state index in [1.54, 1.807) is 0 Å². The Labute approximate surface area is 123 Å². The molecule has 0 bridgehead atoms. The number of benzene rings is 1. The molecule has 0 radical (unpaired) electrons. The molecule has 110 valence electrons. The van der Waals surface area contributed by atoms with Crippen molar-refractivity contribution in [3.8, 4) is 0 Å². The molecule has 0 aromatic heterocycles. The molecular weight excluding hydrogens is 244 g/mol. The minimum absolute atomic E-state index is 0.808. The van der Waals surface area contributed by atoms with Crippen LogP contribution in [-0.2, 0) is 6.54 Å². The average Bonchev–Trinajstić information content (AvgIpc) is 3.29. The van der Waals surface area contributed by atoms with Gasteiger partial charge < -0.3 is 5.73 Å². The van der Waals surface area contributed by atoms with Crippen molar-refractivity contribution >= 4 is 5.69 Å². The Morgan fingerprint density at radius 2 is 1.95 bits per heavy atom. The van der Waals surface area contributed by atoms with E-state index < -0.39 is 0 Å². The van der Waals surface area contributed by atoms with Gasteiger partial charge in [-0.05, 0) is 49.3 Å². The highest BCUT2D eigenvalue weighted by atomic mass is 15.2. The van der Waals surface area contributed by atoms with Crippen LogP contribution in [0, 0.1) is 5.92 Å². The van der Waals surface area contributed by atoms with Gasteiger partial charge in [0, 0.05) is 24.3 Å². The summed E-state index contributed by atoms with van der Waals surface area (Å²) in [4.78, 5) is 2.81. The summed E-state index contributed by atoms with van der Waals surface area (Å²) >= 11 is 0. The fourth-order valence-electron chi connectivity index (χ4n) is 3.93. The van der Waals surface area contributed by atoms with Gasteiger partial charge in [-0.2, -0.15) is 0 Å². The molecule has 0 amide bonds. The standard InChI is InChI=1S/C18H28N2/c1-2-15-7-3-4-9-18(15)20(17-10-11-17)13-14-6-5-8-16(19)12-14/h5-6,8,12,15,17-18H,2-4,7,9-11,13,19H2,1H3. The molecule has 1 aromatic carbocycles. The Hall–Kier alpha value is -1.02. The van der Waals surface area contributed by atoms with Crippen LogP contribution >= 0.6 is 0 Å². The first-order valence-corrected chi connectivity index (χ1v) is 8.38. The Bertz CT molecular complexity index is 439. The topological polar surface area (TPSA) is 29.3 Å². The van der Waals surface area contributed by atoms with Gasteiger partial charge in [0.25, 0.3) is 0 Å². The maximum atomic E-state index is 5.94. The summed E-state index contributed by atoms with van der Waals surface area (Å²) in [5, 5.41) is 0. The van der Waals surface area contributed by atoms with Crippen LogP contribution in [0.2, 0.25) is 0 Å². The van der Waals surface area contributed by atoms with E-state index in [-0.39, 0.29) is 0 Å². The van der Waals surface area contributed by atoms with E-state index in [1.165, 1.54) is 50.5 Å². The maximum absolute atomic E-state index is 5.94. The number of nitrogen functional groups attached to an aromatic ring is 1. The number of rotatable bonds is 5. The molecule has 2 saturated carbocycles. The fraction of sp³-hybridized carbons (Fsp3) is 0.667. The molecule has 2 heteroatoms. The number of hydrogen-bond donors (Lipinski definition) is 1. The molecule has 1 aromatic rings. The third kappa shape index (κ3) is 3.17. The van der Waals surface area contributed by atoms with Crippen molar-refractivity contribution in [3.63, 3.8) is 0 Å². The summed E-state index contributed by atoms with van der Waals surface area (Å²) in [5.41, 5.74) is 8.22. The third-order valence-electron chi connectivity index (χ3n) is 5.15. The molecular formula is C18H28N2. The van der Waals surface area contributed by atoms with E-state index >= 15 is 0 Å². The first-order valence-electron chi connectivity index (χ1n) is 8.38. The Morgan fingerprint density at radius 1 is 1.15 bits per heavy atom. The summed E-state index contributed by atoms with van der Waals surface area (Å²) in [6, 6.07) is 10.1. The van der Waals surface area contributed by atoms with Gasteiger partial charge in [-0.1, -0.05) is 38.3 Å². The molecule has 2 N–H and O–H groups in total. The average molecular weight is 272 g/mol. The summed E-state index contributed by atoms with van der Waals surface area (Å²) in [6.45, 7) is 3.46. The zero-order valence-corrected chi connectivity index (χ0v) is 12.7. The lowest BCUT2D eigenvalue weighted by atomic mass is 9.81. The number of anilines is 1. The maximum Gasteiger partial charge on any atom is 0.0317 e. The van der Waals surface area contributed by atoms with Gasteiger partial charge in [0.15, 0.2) is 0 Å². The minimum atomic E-state index is 0.808. The predicted octanol–water partition coefficient (Wildman–Crippen LogP) is 4.20. The first-order chi connectivity index (χ1) is 9.78. The van der Waals surface area contributed by atoms with Crippen LogP contribution in [0.4, 0.5) is 5.69 Å². The lowest BCUT2D eigenvalue weighted by Crippen LogP contribution is -2.43. The molecule has 20 heavy (non-hydrogen) atoms. The summed E-state index contributed by atoms with van der Waals surface area (Å²) in [6.07, 6.45) is 9.82. The van der Waals surface area contributed by atoms with Crippen LogP contribution in [0.5, 0.6) is 0 Å². The lowest BCUT2D eigenvalue weighted by Gasteiger charge is -2.40. The predicted molar refractivity (Wildman–Crippen MR) is 85.5 cm³/mol. The zero-order valence-electron chi connectivity index (χ0n) is 12.7. The smallest absolute Gasteiger partial charge is 0.0317 e. The second-order valence-corrected chi connectivity index (χ2v) is 6.67. The monoisotopic (exact) mass is 272 g/mol. The molecule has 2 unspecified atom stereocenters. The SMILES string of the molecule is CCC1CCCCC1N(Cc1cccc(N)c1)C1CC1. The molecule has 0 saturated heterocycles. The number of nitrogens with zero attached hydrogens (tertiary/aromatic N) is 1. The molecule has 3 rings (SSSR count). The van der Waals surface area contributed by atoms with Crippen molar-refractivity contribution in [1.29, 1.82) is 0 Å². The largest absolute Gasteiger partial charge is 0.399 e. The highest BCUT2D eigenvalue weighted by molar-refractivity contribution is 5.40. The van der Waals surface area contributed by atoms with Gasteiger partial charge in [-0.25, -0.2) is 0 Å². The molecule has 2 fully saturated rings. The van der Waals surface area contributed by atoms with Crippen LogP contribution in [0.3, 0.4) is 0 Å². The quantitative estimate of drug-likeness (QED) is 0.814. The normalized spacial score (nSPS) is 26.9. The van der Waals surface area contributed by atoms with E-state index in [1.807, 2.05) is 6.07 Å². The molecule has 2 aliphatic rings. The Morgan fingerprint density at radius 3 is 2.65 bits per heavy atom. The molecule has 2 nitrogen and oxygen atoms in total. The summed E-state index contributed by atoms with van der Waals surface area (Å²) in [5.74, 6) is 0.908. The van der Waals surface area contributed by atoms with Crippen molar-refractivity contribution in [2.24, 2.45) is 5.92 Å². The molecule has 2 atom stereocenters. The molecule has 0 aliphatic heterocycles. The highest BCUT2D eigenvalue weighted by Crippen LogP contribution is 2.38. The van der Waals surface area contributed by atoms with Crippen molar-refractivity contribution in [2.45, 2.75) is 70.5 Å². The molecule has 2 aliphatic carbocycles. The first kappa shape index (κ1) is 13.9. The van der Waals surface area contributed by atoms with Crippen molar-refractivity contribution in [3.05, 3.63) is 29.8 Å². The van der Waals surface area contributed by atoms with E-state index in [0.29, 0.717) is 0 Å². The lowest BCUT2D eigenvalue weighted by molar-refractivity contribution is 0.0864. The van der Waals surface area contributed by atoms with Crippen molar-refractivity contribution < 1.29 is 0 Å². The van der Waals surface area contributed by atoms with E-state index in [4.69, 9.17) is 5.73 Å². The summed E-state index contributed by atoms with van der Waals surface area (Å²) < 4.78 is 0. The number of nitrogens with two attached hydrogens (primary N) is 1.